The Bertz CT molecular complexity index is 630. The predicted octanol–water partition coefficient (Wildman–Crippen LogP) is 1.51. The topological polar surface area (TPSA) is 74.2 Å². The molecular formula is C15H17N3O2S. The molecule has 0 aliphatic heterocycles. The molecule has 2 aromatic rings. The van der Waals surface area contributed by atoms with Gasteiger partial charge in [0.2, 0.25) is 5.91 Å². The molecule has 0 saturated carbocycles. The van der Waals surface area contributed by atoms with Crippen LogP contribution in [-0.2, 0) is 16.8 Å². The van der Waals surface area contributed by atoms with Crippen LogP contribution in [0.5, 0.6) is 0 Å². The Morgan fingerprint density at radius 3 is 3.05 bits per heavy atom. The molecule has 1 aliphatic carbocycles. The number of nitrogens with one attached hydrogen (secondary N) is 2. The Morgan fingerprint density at radius 2 is 2.29 bits per heavy atom. The third-order valence-corrected chi connectivity index (χ3v) is 4.58. The average Bonchev–Trinajstić information content (AvgIpc) is 3.13. The highest BCUT2D eigenvalue weighted by atomic mass is 32.1. The van der Waals surface area contributed by atoms with Crippen molar-refractivity contribution in [3.05, 3.63) is 47.0 Å². The number of aliphatic hydroxyl groups excluding tert-OH is 1. The van der Waals surface area contributed by atoms with Crippen LogP contribution in [0.2, 0.25) is 0 Å². The minimum Gasteiger partial charge on any atom is -0.394 e. The Balaban J connectivity index is 1.67. The molecular weight excluding hydrogens is 286 g/mol. The second-order valence-corrected chi connectivity index (χ2v) is 6.03. The van der Waals surface area contributed by atoms with Gasteiger partial charge in [-0.05, 0) is 24.0 Å². The molecule has 1 unspecified atom stereocenters. The van der Waals surface area contributed by atoms with Crippen molar-refractivity contribution in [2.24, 2.45) is 0 Å². The molecule has 1 aromatic carbocycles. The number of hydrogen-bond donors (Lipinski definition) is 3. The summed E-state index contributed by atoms with van der Waals surface area (Å²) in [5, 5.41) is 18.2. The molecule has 0 bridgehead atoms. The number of benzene rings is 1. The van der Waals surface area contributed by atoms with E-state index in [-0.39, 0.29) is 19.1 Å². The molecule has 110 valence electrons. The fourth-order valence-electron chi connectivity index (χ4n) is 2.79. The summed E-state index contributed by atoms with van der Waals surface area (Å²) in [6, 6.07) is 8.06. The quantitative estimate of drug-likeness (QED) is 0.782. The van der Waals surface area contributed by atoms with Gasteiger partial charge in [0.1, 0.15) is 0 Å². The summed E-state index contributed by atoms with van der Waals surface area (Å²) in [6.07, 6.45) is 3.36. The zero-order valence-corrected chi connectivity index (χ0v) is 12.3. The average molecular weight is 303 g/mol. The largest absolute Gasteiger partial charge is 0.394 e. The van der Waals surface area contributed by atoms with Crippen molar-refractivity contribution >= 4 is 22.4 Å². The maximum Gasteiger partial charge on any atom is 0.240 e. The number of aliphatic hydroxyl groups is 1. The van der Waals surface area contributed by atoms with Gasteiger partial charge in [-0.1, -0.05) is 24.3 Å². The summed E-state index contributed by atoms with van der Waals surface area (Å²) in [6.45, 7) is 0.128. The number of aryl methyl sites for hydroxylation is 1. The van der Waals surface area contributed by atoms with E-state index >= 15 is 0 Å². The Kier molecular flexibility index (Phi) is 4.01. The molecule has 1 heterocycles. The van der Waals surface area contributed by atoms with Crippen molar-refractivity contribution < 1.29 is 9.90 Å². The summed E-state index contributed by atoms with van der Waals surface area (Å²) >= 11 is 1.38. The Morgan fingerprint density at radius 1 is 1.43 bits per heavy atom. The zero-order valence-electron chi connectivity index (χ0n) is 11.5. The molecule has 0 fully saturated rings. The lowest BCUT2D eigenvalue weighted by Gasteiger charge is -2.29. The fraction of sp³-hybridized carbons (Fsp3) is 0.333. The van der Waals surface area contributed by atoms with Crippen LogP contribution in [0.25, 0.3) is 0 Å². The molecule has 0 spiro atoms. The first-order chi connectivity index (χ1) is 10.2. The summed E-state index contributed by atoms with van der Waals surface area (Å²) in [5.41, 5.74) is 1.81. The Labute approximate surface area is 127 Å². The number of nitrogens with zero attached hydrogens (tertiary/aromatic N) is 1. The van der Waals surface area contributed by atoms with E-state index in [1.165, 1.54) is 16.9 Å². The monoisotopic (exact) mass is 303 g/mol. The van der Waals surface area contributed by atoms with Crippen LogP contribution in [0, 0.1) is 0 Å². The number of rotatable bonds is 5. The van der Waals surface area contributed by atoms with Gasteiger partial charge in [-0.2, -0.15) is 0 Å². The highest BCUT2D eigenvalue weighted by Crippen LogP contribution is 2.36. The zero-order chi connectivity index (χ0) is 14.7. The maximum absolute atomic E-state index is 11.9. The van der Waals surface area contributed by atoms with E-state index in [9.17, 15) is 9.90 Å². The smallest absolute Gasteiger partial charge is 0.240 e. The fourth-order valence-corrected chi connectivity index (χ4v) is 3.33. The van der Waals surface area contributed by atoms with Crippen LogP contribution < -0.4 is 10.6 Å². The van der Waals surface area contributed by atoms with Gasteiger partial charge < -0.3 is 10.4 Å². The van der Waals surface area contributed by atoms with E-state index < -0.39 is 5.54 Å². The molecule has 0 radical (unpaired) electrons. The van der Waals surface area contributed by atoms with Gasteiger partial charge in [0.25, 0.3) is 0 Å². The van der Waals surface area contributed by atoms with E-state index in [0.29, 0.717) is 5.13 Å². The first-order valence-electron chi connectivity index (χ1n) is 6.87. The van der Waals surface area contributed by atoms with Crippen LogP contribution in [-0.4, -0.2) is 29.1 Å². The number of carbonyl (C=O) groups excluding carboxylic acids is 1. The lowest BCUT2D eigenvalue weighted by Crippen LogP contribution is -2.47. The minimum atomic E-state index is -0.517. The lowest BCUT2D eigenvalue weighted by molar-refractivity contribution is -0.115. The van der Waals surface area contributed by atoms with Crippen molar-refractivity contribution in [1.82, 2.24) is 10.3 Å². The van der Waals surface area contributed by atoms with E-state index in [1.54, 1.807) is 6.20 Å². The van der Waals surface area contributed by atoms with Gasteiger partial charge in [0.15, 0.2) is 5.13 Å². The second kappa shape index (κ2) is 5.93. The second-order valence-electron chi connectivity index (χ2n) is 5.14. The molecule has 3 rings (SSSR count). The van der Waals surface area contributed by atoms with E-state index in [0.717, 1.165) is 18.4 Å². The minimum absolute atomic E-state index is 0.0193. The van der Waals surface area contributed by atoms with Crippen LogP contribution >= 0.6 is 11.3 Å². The van der Waals surface area contributed by atoms with Crippen LogP contribution in [0.15, 0.2) is 35.8 Å². The van der Waals surface area contributed by atoms with Gasteiger partial charge in [0.05, 0.1) is 18.7 Å². The van der Waals surface area contributed by atoms with Crippen molar-refractivity contribution in [3.8, 4) is 0 Å². The van der Waals surface area contributed by atoms with E-state index in [1.807, 2.05) is 23.6 Å². The predicted molar refractivity (Wildman–Crippen MR) is 82.3 cm³/mol. The Hall–Kier alpha value is -1.76. The van der Waals surface area contributed by atoms with Gasteiger partial charge >= 0.3 is 0 Å². The number of carbonyl (C=O) groups is 1. The summed E-state index contributed by atoms with van der Waals surface area (Å²) in [7, 11) is 0. The maximum atomic E-state index is 11.9. The highest BCUT2D eigenvalue weighted by Gasteiger charge is 2.37. The standard InChI is InChI=1S/C15H17N3O2S/c19-10-15(6-5-11-3-1-2-4-12(11)15)17-9-13(20)18-14-16-7-8-21-14/h1-4,7-8,17,19H,5-6,9-10H2,(H,16,18,20). The first-order valence-corrected chi connectivity index (χ1v) is 7.75. The molecule has 6 heteroatoms. The van der Waals surface area contributed by atoms with Gasteiger partial charge in [-0.15, -0.1) is 11.3 Å². The van der Waals surface area contributed by atoms with Crippen molar-refractivity contribution in [3.63, 3.8) is 0 Å². The number of hydrogen-bond acceptors (Lipinski definition) is 5. The van der Waals surface area contributed by atoms with Crippen molar-refractivity contribution in [1.29, 1.82) is 0 Å². The molecule has 21 heavy (non-hydrogen) atoms. The molecule has 1 amide bonds. The first kappa shape index (κ1) is 14.2. The number of anilines is 1. The molecule has 1 atom stereocenters. The number of thiazole rings is 1. The number of amides is 1. The molecule has 3 N–H and O–H groups in total. The third kappa shape index (κ3) is 2.83. The molecule has 0 saturated heterocycles. The summed E-state index contributed by atoms with van der Waals surface area (Å²) < 4.78 is 0. The van der Waals surface area contributed by atoms with Gasteiger partial charge in [0, 0.05) is 11.6 Å². The SMILES string of the molecule is O=C(CNC1(CO)CCc2ccccc21)Nc1nccs1. The van der Waals surface area contributed by atoms with E-state index in [4.69, 9.17) is 0 Å². The summed E-state index contributed by atoms with van der Waals surface area (Å²) in [5.74, 6) is -0.151. The van der Waals surface area contributed by atoms with Gasteiger partial charge in [-0.25, -0.2) is 4.98 Å². The van der Waals surface area contributed by atoms with Gasteiger partial charge in [-0.3, -0.25) is 10.1 Å². The van der Waals surface area contributed by atoms with Crippen molar-refractivity contribution in [2.45, 2.75) is 18.4 Å². The third-order valence-electron chi connectivity index (χ3n) is 3.89. The van der Waals surface area contributed by atoms with Crippen LogP contribution in [0.1, 0.15) is 17.5 Å². The molecule has 5 nitrogen and oxygen atoms in total. The van der Waals surface area contributed by atoms with Crippen LogP contribution in [0.4, 0.5) is 5.13 Å². The van der Waals surface area contributed by atoms with E-state index in [2.05, 4.69) is 21.7 Å². The normalized spacial score (nSPS) is 20.2. The molecule has 1 aromatic heterocycles. The van der Waals surface area contributed by atoms with Crippen LogP contribution in [0.3, 0.4) is 0 Å². The highest BCUT2D eigenvalue weighted by molar-refractivity contribution is 7.13. The number of fused-ring (bicyclic) bond motifs is 1. The van der Waals surface area contributed by atoms with Crippen molar-refractivity contribution in [2.75, 3.05) is 18.5 Å². The number of aromatic nitrogens is 1. The summed E-state index contributed by atoms with van der Waals surface area (Å²) in [4.78, 5) is 16.0. The molecule has 1 aliphatic rings. The lowest BCUT2D eigenvalue weighted by atomic mass is 9.92.